The molecular weight excluding hydrogens is 790 g/mol. The Hall–Kier alpha value is -3.34. The fourth-order valence-electron chi connectivity index (χ4n) is 6.73. The van der Waals surface area contributed by atoms with Crippen molar-refractivity contribution in [3.63, 3.8) is 0 Å². The Balaban J connectivity index is 0.000000347. The second-order valence-corrected chi connectivity index (χ2v) is 13.9. The molecule has 2 heterocycles. The number of ketones is 1. The van der Waals surface area contributed by atoms with Crippen LogP contribution in [-0.4, -0.2) is 15.9 Å². The molecule has 0 amide bonds. The summed E-state index contributed by atoms with van der Waals surface area (Å²) in [6, 6.07) is 16.2. The second kappa shape index (κ2) is 17.5. The Morgan fingerprint density at radius 3 is 2.12 bits per heavy atom. The summed E-state index contributed by atoms with van der Waals surface area (Å²) in [5.74, 6) is 1.09. The minimum Gasteiger partial charge on any atom is -0.512 e. The number of aliphatic hydroxyl groups is 1. The van der Waals surface area contributed by atoms with Gasteiger partial charge in [0.05, 0.1) is 11.3 Å². The van der Waals surface area contributed by atoms with Crippen LogP contribution in [0.5, 0.6) is 0 Å². The van der Waals surface area contributed by atoms with Gasteiger partial charge in [0.2, 0.25) is 0 Å². The van der Waals surface area contributed by atoms with Crippen LogP contribution in [0.3, 0.4) is 0 Å². The van der Waals surface area contributed by atoms with E-state index in [9.17, 15) is 9.90 Å². The molecule has 5 rings (SSSR count). The van der Waals surface area contributed by atoms with E-state index < -0.39 is 0 Å². The third kappa shape index (κ3) is 8.88. The van der Waals surface area contributed by atoms with Gasteiger partial charge in [-0.1, -0.05) is 91.5 Å². The fourth-order valence-corrected chi connectivity index (χ4v) is 6.73. The number of aryl methyl sites for hydroxylation is 1. The number of benzene rings is 3. The van der Waals surface area contributed by atoms with Crippen molar-refractivity contribution >= 4 is 38.5 Å². The summed E-state index contributed by atoms with van der Waals surface area (Å²) >= 11 is 0. The number of nitrogens with zero attached hydrogens (tertiary/aromatic N) is 1. The van der Waals surface area contributed by atoms with Crippen LogP contribution >= 0.6 is 0 Å². The molecule has 0 atom stereocenters. The van der Waals surface area contributed by atoms with Gasteiger partial charge in [-0.3, -0.25) is 4.79 Å². The first-order valence-electron chi connectivity index (χ1n) is 17.7. The van der Waals surface area contributed by atoms with Crippen molar-refractivity contribution in [3.8, 4) is 11.3 Å². The second-order valence-electron chi connectivity index (χ2n) is 13.9. The van der Waals surface area contributed by atoms with Crippen molar-refractivity contribution < 1.29 is 38.8 Å². The van der Waals surface area contributed by atoms with Gasteiger partial charge >= 0.3 is 0 Å². The molecule has 2 aromatic heterocycles. The molecule has 0 aliphatic carbocycles. The van der Waals surface area contributed by atoms with E-state index >= 15 is 4.39 Å². The molecule has 6 heteroatoms. The molecule has 1 radical (unpaired) electrons. The fraction of sp³-hybridized carbons (Fsp3) is 0.442. The molecule has 0 fully saturated rings. The molecule has 4 nitrogen and oxygen atoms in total. The van der Waals surface area contributed by atoms with Gasteiger partial charge in [0.15, 0.2) is 17.2 Å². The van der Waals surface area contributed by atoms with E-state index in [0.29, 0.717) is 22.6 Å². The average Bonchev–Trinajstić information content (AvgIpc) is 3.41. The monoisotopic (exact) mass is 843 g/mol. The average molecular weight is 843 g/mol. The largest absolute Gasteiger partial charge is 0.512 e. The molecule has 1 N–H and O–H groups in total. The number of fused-ring (bicyclic) bond motifs is 4. The summed E-state index contributed by atoms with van der Waals surface area (Å²) in [6.07, 6.45) is 7.78. The summed E-state index contributed by atoms with van der Waals surface area (Å²) in [4.78, 5) is 16.4. The molecule has 0 unspecified atom stereocenters. The smallest absolute Gasteiger partial charge is 0.168 e. The van der Waals surface area contributed by atoms with E-state index in [1.54, 1.807) is 0 Å². The molecule has 0 aliphatic heterocycles. The van der Waals surface area contributed by atoms with Crippen LogP contribution < -0.4 is 0 Å². The molecular formula is C43H53FIrNO3-. The number of furan rings is 1. The molecule has 0 bridgehead atoms. The molecule has 0 spiro atoms. The maximum absolute atomic E-state index is 15.4. The Morgan fingerprint density at radius 2 is 1.53 bits per heavy atom. The predicted molar refractivity (Wildman–Crippen MR) is 199 cm³/mol. The predicted octanol–water partition coefficient (Wildman–Crippen LogP) is 12.5. The zero-order chi connectivity index (χ0) is 35.3. The summed E-state index contributed by atoms with van der Waals surface area (Å²) in [5, 5.41) is 13.7. The third-order valence-corrected chi connectivity index (χ3v) is 9.57. The number of hydrogen-bond donors (Lipinski definition) is 1. The first-order chi connectivity index (χ1) is 22.8. The quantitative estimate of drug-likeness (QED) is 0.0817. The number of carbonyl (C=O) groups excluding carboxylic acids is 1. The van der Waals surface area contributed by atoms with Gasteiger partial charge in [0.1, 0.15) is 0 Å². The Morgan fingerprint density at radius 1 is 0.898 bits per heavy atom. The van der Waals surface area contributed by atoms with Gasteiger partial charge in [-0.15, -0.1) is 17.7 Å². The summed E-state index contributed by atoms with van der Waals surface area (Å²) in [6.45, 7) is 20.6. The number of aliphatic hydroxyl groups excluding tert-OH is 1. The number of rotatable bonds is 11. The van der Waals surface area contributed by atoms with Crippen molar-refractivity contribution in [2.45, 2.75) is 107 Å². The first-order valence-corrected chi connectivity index (χ1v) is 17.7. The molecule has 3 aromatic carbocycles. The van der Waals surface area contributed by atoms with Crippen LogP contribution in [-0.2, 0) is 31.3 Å². The zero-order valence-corrected chi connectivity index (χ0v) is 33.3. The summed E-state index contributed by atoms with van der Waals surface area (Å²) < 4.78 is 21.6. The van der Waals surface area contributed by atoms with Crippen molar-refractivity contribution in [2.24, 2.45) is 17.8 Å². The molecule has 0 saturated heterocycles. The molecule has 49 heavy (non-hydrogen) atoms. The van der Waals surface area contributed by atoms with Gasteiger partial charge < -0.3 is 14.5 Å². The number of halogens is 1. The van der Waals surface area contributed by atoms with Gasteiger partial charge in [0, 0.05) is 49.6 Å². The standard InChI is InChI=1S/C30H29FNO.C13H24O2.Ir/c1-16(2)11-20-7-8-22-21(14-20)9-10-32-28(22)26-13-18(5)12-24-25-15-23(17(3)4)19(6)27(31)30(25)33-29(24)26;1-5-10(6-2)12(14)9-13(15)11(7-3)8-4;/h7-10,12,14-17H,11H2,1-6H3;9-11,14H,5-8H2,1-4H3;/q-1;;/b;12-9-;. The number of allylic oxidation sites excluding steroid dienone is 2. The van der Waals surface area contributed by atoms with Crippen LogP contribution in [0.2, 0.25) is 0 Å². The van der Waals surface area contributed by atoms with Crippen LogP contribution in [0.15, 0.2) is 58.8 Å². The van der Waals surface area contributed by atoms with Crippen molar-refractivity contribution in [1.29, 1.82) is 0 Å². The summed E-state index contributed by atoms with van der Waals surface area (Å²) in [5.41, 5.74) is 6.50. The van der Waals surface area contributed by atoms with E-state index in [-0.39, 0.29) is 55.2 Å². The minimum absolute atomic E-state index is 0. The van der Waals surface area contributed by atoms with Gasteiger partial charge in [-0.2, -0.15) is 0 Å². The van der Waals surface area contributed by atoms with Gasteiger partial charge in [-0.25, -0.2) is 4.39 Å². The SMILES string of the molecule is CCC(CC)C(=O)/C=C(\O)C(CC)CC.Cc1[c-]c(-c2nccc3cc(CC(C)C)ccc23)c2oc3c(F)c(C)c(C(C)C)cc3c2c1.[Ir]. The van der Waals surface area contributed by atoms with Crippen molar-refractivity contribution in [3.05, 3.63) is 88.6 Å². The maximum atomic E-state index is 15.4. The first kappa shape index (κ1) is 40.1. The molecule has 5 aromatic rings. The van der Waals surface area contributed by atoms with Crippen LogP contribution in [0.1, 0.15) is 109 Å². The van der Waals surface area contributed by atoms with E-state index in [1.807, 2.05) is 59.9 Å². The van der Waals surface area contributed by atoms with Crippen molar-refractivity contribution in [1.82, 2.24) is 4.98 Å². The van der Waals surface area contributed by atoms with E-state index in [4.69, 9.17) is 9.40 Å². The number of carbonyl (C=O) groups is 1. The summed E-state index contributed by atoms with van der Waals surface area (Å²) in [7, 11) is 0. The van der Waals surface area contributed by atoms with E-state index in [0.717, 1.165) is 76.0 Å². The third-order valence-electron chi connectivity index (χ3n) is 9.57. The number of hydrogen-bond acceptors (Lipinski definition) is 4. The van der Waals surface area contributed by atoms with E-state index in [1.165, 1.54) is 11.6 Å². The molecule has 0 saturated carbocycles. The topological polar surface area (TPSA) is 63.3 Å². The maximum Gasteiger partial charge on any atom is 0.168 e. The Kier molecular flexibility index (Phi) is 14.4. The Bertz CT molecular complexity index is 1930. The zero-order valence-electron chi connectivity index (χ0n) is 30.9. The van der Waals surface area contributed by atoms with Crippen LogP contribution in [0.25, 0.3) is 44.0 Å². The minimum atomic E-state index is -0.278. The van der Waals surface area contributed by atoms with Crippen LogP contribution in [0.4, 0.5) is 4.39 Å². The normalized spacial score (nSPS) is 12.0. The van der Waals surface area contributed by atoms with E-state index in [2.05, 4.69) is 58.0 Å². The number of aromatic nitrogens is 1. The molecule has 265 valence electrons. The Labute approximate surface area is 305 Å². The van der Waals surface area contributed by atoms with Crippen LogP contribution in [0, 0.1) is 43.5 Å². The van der Waals surface area contributed by atoms with Gasteiger partial charge in [-0.05, 0) is 96.2 Å². The van der Waals surface area contributed by atoms with Crippen molar-refractivity contribution in [2.75, 3.05) is 0 Å². The van der Waals surface area contributed by atoms with Gasteiger partial charge in [0.25, 0.3) is 0 Å². The molecule has 0 aliphatic rings. The number of pyridine rings is 1.